The molecule has 4 aromatic rings. The van der Waals surface area contributed by atoms with Crippen LogP contribution in [0.3, 0.4) is 0 Å². The van der Waals surface area contributed by atoms with Gasteiger partial charge >= 0.3 is 0 Å². The molecule has 1 aliphatic heterocycles. The van der Waals surface area contributed by atoms with Crippen LogP contribution >= 0.6 is 11.3 Å². The van der Waals surface area contributed by atoms with Crippen molar-refractivity contribution in [1.29, 1.82) is 0 Å². The highest BCUT2D eigenvalue weighted by Gasteiger charge is 2.23. The van der Waals surface area contributed by atoms with Crippen molar-refractivity contribution in [3.8, 4) is 0 Å². The zero-order valence-electron chi connectivity index (χ0n) is 15.6. The van der Waals surface area contributed by atoms with Crippen molar-refractivity contribution in [1.82, 2.24) is 9.88 Å². The predicted molar refractivity (Wildman–Crippen MR) is 115 cm³/mol. The summed E-state index contributed by atoms with van der Waals surface area (Å²) in [6.07, 6.45) is 0.822. The highest BCUT2D eigenvalue weighted by molar-refractivity contribution is 7.12. The second kappa shape index (κ2) is 7.22. The van der Waals surface area contributed by atoms with Gasteiger partial charge in [0, 0.05) is 29.7 Å². The first-order valence-corrected chi connectivity index (χ1v) is 10.4. The van der Waals surface area contributed by atoms with Crippen molar-refractivity contribution in [3.05, 3.63) is 87.7 Å². The summed E-state index contributed by atoms with van der Waals surface area (Å²) in [5.41, 5.74) is 4.50. The topological polar surface area (TPSA) is 65.2 Å². The molecule has 29 heavy (non-hydrogen) atoms. The first kappa shape index (κ1) is 17.7. The zero-order chi connectivity index (χ0) is 19.8. The molecular weight excluding hydrogens is 382 g/mol. The minimum absolute atomic E-state index is 0.0677. The Kier molecular flexibility index (Phi) is 4.41. The number of carbonyl (C=O) groups is 2. The summed E-state index contributed by atoms with van der Waals surface area (Å²) in [5.74, 6) is -0.110. The van der Waals surface area contributed by atoms with E-state index < -0.39 is 0 Å². The fourth-order valence-electron chi connectivity index (χ4n) is 3.76. The Morgan fingerprint density at radius 2 is 1.90 bits per heavy atom. The molecule has 2 aromatic carbocycles. The largest absolute Gasteiger partial charge is 0.351 e. The van der Waals surface area contributed by atoms with E-state index in [1.807, 2.05) is 70.9 Å². The molecule has 2 aromatic heterocycles. The quantitative estimate of drug-likeness (QED) is 0.523. The maximum Gasteiger partial charge on any atom is 0.272 e. The molecule has 2 amide bonds. The van der Waals surface area contributed by atoms with Gasteiger partial charge < -0.3 is 15.2 Å². The van der Waals surface area contributed by atoms with Gasteiger partial charge in [-0.3, -0.25) is 9.59 Å². The van der Waals surface area contributed by atoms with Crippen LogP contribution in [0.15, 0.2) is 66.0 Å². The molecule has 0 aliphatic carbocycles. The second-order valence-electron chi connectivity index (χ2n) is 7.16. The molecule has 0 unspecified atom stereocenters. The third-order valence-corrected chi connectivity index (χ3v) is 6.13. The number of fused-ring (bicyclic) bond motifs is 2. The Bertz CT molecular complexity index is 1180. The fourth-order valence-corrected chi connectivity index (χ4v) is 4.45. The number of aromatic nitrogens is 1. The number of aromatic amines is 1. The van der Waals surface area contributed by atoms with Gasteiger partial charge in [0.1, 0.15) is 5.69 Å². The summed E-state index contributed by atoms with van der Waals surface area (Å²) < 4.78 is 0. The molecule has 3 heterocycles. The molecule has 0 bridgehead atoms. The van der Waals surface area contributed by atoms with Crippen LogP contribution in [0.1, 0.15) is 31.3 Å². The van der Waals surface area contributed by atoms with Crippen molar-refractivity contribution in [2.24, 2.45) is 0 Å². The summed E-state index contributed by atoms with van der Waals surface area (Å²) >= 11 is 1.47. The molecule has 5 nitrogen and oxygen atoms in total. The first-order valence-electron chi connectivity index (χ1n) is 9.51. The van der Waals surface area contributed by atoms with E-state index in [1.165, 1.54) is 16.9 Å². The second-order valence-corrected chi connectivity index (χ2v) is 8.11. The molecule has 0 spiro atoms. The van der Waals surface area contributed by atoms with Gasteiger partial charge in [-0.25, -0.2) is 0 Å². The van der Waals surface area contributed by atoms with Crippen LogP contribution in [0.25, 0.3) is 10.9 Å². The van der Waals surface area contributed by atoms with E-state index in [0.717, 1.165) is 33.5 Å². The van der Waals surface area contributed by atoms with E-state index in [-0.39, 0.29) is 11.8 Å². The summed E-state index contributed by atoms with van der Waals surface area (Å²) in [4.78, 5) is 31.1. The number of hydrogen-bond acceptors (Lipinski definition) is 3. The Morgan fingerprint density at radius 3 is 2.72 bits per heavy atom. The standard InChI is InChI=1S/C23H19N3O2S/c27-22(20-13-16-4-1-2-5-19(16)25-20)24-18-8-7-15-9-10-26(14-17(15)12-18)23(28)21-6-3-11-29-21/h1-8,11-13,25H,9-10,14H2,(H,24,27). The summed E-state index contributed by atoms with van der Waals surface area (Å²) in [6.45, 7) is 1.27. The molecule has 5 rings (SSSR count). The van der Waals surface area contributed by atoms with E-state index in [2.05, 4.69) is 10.3 Å². The van der Waals surface area contributed by atoms with Crippen LogP contribution in [0.4, 0.5) is 5.69 Å². The monoisotopic (exact) mass is 401 g/mol. The molecule has 0 saturated heterocycles. The summed E-state index contributed by atoms with van der Waals surface area (Å²) in [7, 11) is 0. The molecule has 144 valence electrons. The number of para-hydroxylation sites is 1. The van der Waals surface area contributed by atoms with Gasteiger partial charge in [0.25, 0.3) is 11.8 Å². The Morgan fingerprint density at radius 1 is 1.00 bits per heavy atom. The van der Waals surface area contributed by atoms with Gasteiger partial charge in [0.2, 0.25) is 0 Å². The molecule has 0 atom stereocenters. The van der Waals surface area contributed by atoms with Crippen LogP contribution in [0.2, 0.25) is 0 Å². The normalized spacial score (nSPS) is 13.3. The number of nitrogens with one attached hydrogen (secondary N) is 2. The minimum Gasteiger partial charge on any atom is -0.351 e. The molecule has 1 aliphatic rings. The van der Waals surface area contributed by atoms with Gasteiger partial charge in [-0.2, -0.15) is 0 Å². The molecule has 0 saturated carbocycles. The Balaban J connectivity index is 1.34. The molecule has 0 radical (unpaired) electrons. The summed E-state index contributed by atoms with van der Waals surface area (Å²) in [6, 6.07) is 19.4. The van der Waals surface area contributed by atoms with Gasteiger partial charge in [-0.1, -0.05) is 30.3 Å². The maximum atomic E-state index is 12.7. The number of thiophene rings is 1. The van der Waals surface area contributed by atoms with Gasteiger partial charge in [0.05, 0.1) is 4.88 Å². The van der Waals surface area contributed by atoms with Crippen molar-refractivity contribution in [3.63, 3.8) is 0 Å². The van der Waals surface area contributed by atoms with Gasteiger partial charge in [0.15, 0.2) is 0 Å². The Labute approximate surface area is 172 Å². The average Bonchev–Trinajstić information content (AvgIpc) is 3.42. The smallest absolute Gasteiger partial charge is 0.272 e. The predicted octanol–water partition coefficient (Wildman–Crippen LogP) is 4.68. The van der Waals surface area contributed by atoms with Crippen LogP contribution in [-0.4, -0.2) is 28.2 Å². The fraction of sp³-hybridized carbons (Fsp3) is 0.130. The highest BCUT2D eigenvalue weighted by atomic mass is 32.1. The lowest BCUT2D eigenvalue weighted by atomic mass is 9.99. The molecule has 0 fully saturated rings. The number of carbonyl (C=O) groups excluding carboxylic acids is 2. The number of nitrogens with zero attached hydrogens (tertiary/aromatic N) is 1. The maximum absolute atomic E-state index is 12.7. The number of amides is 2. The first-order chi connectivity index (χ1) is 14.2. The molecule has 6 heteroatoms. The number of benzene rings is 2. The number of hydrogen-bond donors (Lipinski definition) is 2. The van der Waals surface area contributed by atoms with Gasteiger partial charge in [-0.15, -0.1) is 11.3 Å². The Hall–Kier alpha value is -3.38. The zero-order valence-corrected chi connectivity index (χ0v) is 16.5. The summed E-state index contributed by atoms with van der Waals surface area (Å²) in [5, 5.41) is 5.89. The SMILES string of the molecule is O=C(Nc1ccc2c(c1)CN(C(=O)c1cccs1)CC2)c1cc2ccccc2[nH]1. The van der Waals surface area contributed by atoms with E-state index in [1.54, 1.807) is 0 Å². The van der Waals surface area contributed by atoms with E-state index >= 15 is 0 Å². The van der Waals surface area contributed by atoms with Crippen molar-refractivity contribution in [2.75, 3.05) is 11.9 Å². The lowest BCUT2D eigenvalue weighted by Crippen LogP contribution is -2.35. The third kappa shape index (κ3) is 3.43. The van der Waals surface area contributed by atoms with E-state index in [4.69, 9.17) is 0 Å². The number of anilines is 1. The van der Waals surface area contributed by atoms with E-state index in [0.29, 0.717) is 18.8 Å². The van der Waals surface area contributed by atoms with Crippen LogP contribution in [0.5, 0.6) is 0 Å². The van der Waals surface area contributed by atoms with Crippen molar-refractivity contribution >= 4 is 39.7 Å². The number of H-pyrrole nitrogens is 1. The highest BCUT2D eigenvalue weighted by Crippen LogP contribution is 2.25. The molecular formula is C23H19N3O2S. The number of rotatable bonds is 3. The minimum atomic E-state index is -0.177. The van der Waals surface area contributed by atoms with Crippen LogP contribution in [0, 0.1) is 0 Å². The van der Waals surface area contributed by atoms with Crippen LogP contribution < -0.4 is 5.32 Å². The van der Waals surface area contributed by atoms with Crippen molar-refractivity contribution < 1.29 is 9.59 Å². The average molecular weight is 401 g/mol. The third-order valence-electron chi connectivity index (χ3n) is 5.27. The van der Waals surface area contributed by atoms with Gasteiger partial charge in [-0.05, 0) is 53.3 Å². The molecule has 2 N–H and O–H groups in total. The van der Waals surface area contributed by atoms with E-state index in [9.17, 15) is 9.59 Å². The van der Waals surface area contributed by atoms with Crippen molar-refractivity contribution in [2.45, 2.75) is 13.0 Å². The lowest BCUT2D eigenvalue weighted by molar-refractivity contribution is 0.0739. The van der Waals surface area contributed by atoms with Crippen LogP contribution in [-0.2, 0) is 13.0 Å². The lowest BCUT2D eigenvalue weighted by Gasteiger charge is -2.29.